The van der Waals surface area contributed by atoms with Crippen molar-refractivity contribution in [2.45, 2.75) is 36.7 Å². The molecular formula is C22H25NO2S. The third-order valence-electron chi connectivity index (χ3n) is 5.17. The van der Waals surface area contributed by atoms with Crippen LogP contribution in [0.5, 0.6) is 5.75 Å². The third kappa shape index (κ3) is 3.36. The highest BCUT2D eigenvalue weighted by atomic mass is 32.2. The molecule has 0 aliphatic carbocycles. The van der Waals surface area contributed by atoms with Crippen molar-refractivity contribution in [2.24, 2.45) is 0 Å². The Bertz CT molecular complexity index is 835. The van der Waals surface area contributed by atoms with Gasteiger partial charge in [-0.25, -0.2) is 0 Å². The van der Waals surface area contributed by atoms with Crippen LogP contribution in [0.1, 0.15) is 37.3 Å². The van der Waals surface area contributed by atoms with Gasteiger partial charge in [0.15, 0.2) is 0 Å². The number of ether oxygens (including phenoxy) is 1. The molecule has 0 bridgehead atoms. The van der Waals surface area contributed by atoms with Crippen molar-refractivity contribution >= 4 is 16.4 Å². The number of nitrogens with one attached hydrogen (secondary N) is 1. The molecule has 136 valence electrons. The van der Waals surface area contributed by atoms with E-state index in [1.807, 2.05) is 18.2 Å². The molecular weight excluding hydrogens is 342 g/mol. The normalized spacial score (nSPS) is 19.3. The second-order valence-corrected chi connectivity index (χ2v) is 8.62. The Morgan fingerprint density at radius 3 is 2.54 bits per heavy atom. The van der Waals surface area contributed by atoms with Gasteiger partial charge in [0.2, 0.25) is 0 Å². The average molecular weight is 368 g/mol. The number of rotatable bonds is 4. The van der Waals surface area contributed by atoms with Gasteiger partial charge in [0, 0.05) is 29.1 Å². The number of hydrogen-bond donors (Lipinski definition) is 1. The molecule has 3 nitrogen and oxygen atoms in total. The Kier molecular flexibility index (Phi) is 4.96. The van der Waals surface area contributed by atoms with E-state index in [-0.39, 0.29) is 5.60 Å². The van der Waals surface area contributed by atoms with Gasteiger partial charge >= 0.3 is 0 Å². The van der Waals surface area contributed by atoms with Crippen molar-refractivity contribution in [1.82, 2.24) is 5.32 Å². The summed E-state index contributed by atoms with van der Waals surface area (Å²) in [6.45, 7) is 4.01. The van der Waals surface area contributed by atoms with Gasteiger partial charge in [0.05, 0.1) is 10.8 Å². The minimum atomic E-state index is -0.905. The predicted molar refractivity (Wildman–Crippen MR) is 107 cm³/mol. The van der Waals surface area contributed by atoms with Crippen LogP contribution in [0.3, 0.4) is 0 Å². The SMILES string of the molecule is CCCS(=O)c1ccc(C2=CC3(CCNCC3)Oc3ccccc32)cc1. The number of benzene rings is 2. The molecule has 1 fully saturated rings. The molecule has 1 saturated heterocycles. The summed E-state index contributed by atoms with van der Waals surface area (Å²) >= 11 is 0. The molecule has 2 aliphatic heterocycles. The lowest BCUT2D eigenvalue weighted by atomic mass is 9.83. The maximum Gasteiger partial charge on any atom is 0.130 e. The number of piperidine rings is 1. The van der Waals surface area contributed by atoms with Gasteiger partial charge in [-0.15, -0.1) is 0 Å². The van der Waals surface area contributed by atoms with Crippen LogP contribution in [0.4, 0.5) is 0 Å². The van der Waals surface area contributed by atoms with E-state index >= 15 is 0 Å². The standard InChI is InChI=1S/C22H25NO2S/c1-2-15-26(24)18-9-7-17(8-10-18)20-16-22(11-13-23-14-12-22)25-21-6-4-3-5-19(20)21/h3-10,16,23H,2,11-15H2,1H3. The first-order chi connectivity index (χ1) is 12.7. The van der Waals surface area contributed by atoms with E-state index in [0.29, 0.717) is 0 Å². The zero-order chi connectivity index (χ0) is 18.0. The van der Waals surface area contributed by atoms with Crippen LogP contribution >= 0.6 is 0 Å². The fourth-order valence-electron chi connectivity index (χ4n) is 3.79. The summed E-state index contributed by atoms with van der Waals surface area (Å²) in [5, 5.41) is 3.42. The molecule has 2 aliphatic rings. The van der Waals surface area contributed by atoms with Crippen molar-refractivity contribution in [3.05, 3.63) is 65.7 Å². The van der Waals surface area contributed by atoms with E-state index in [1.54, 1.807) is 0 Å². The predicted octanol–water partition coefficient (Wildman–Crippen LogP) is 4.15. The van der Waals surface area contributed by atoms with E-state index < -0.39 is 10.8 Å². The van der Waals surface area contributed by atoms with Gasteiger partial charge in [-0.2, -0.15) is 0 Å². The molecule has 1 spiro atoms. The Morgan fingerprint density at radius 1 is 1.08 bits per heavy atom. The highest BCUT2D eigenvalue weighted by molar-refractivity contribution is 7.85. The fourth-order valence-corrected chi connectivity index (χ4v) is 4.84. The number of para-hydroxylation sites is 1. The number of hydrogen-bond acceptors (Lipinski definition) is 3. The zero-order valence-electron chi connectivity index (χ0n) is 15.2. The summed E-state index contributed by atoms with van der Waals surface area (Å²) < 4.78 is 18.7. The smallest absolute Gasteiger partial charge is 0.130 e. The summed E-state index contributed by atoms with van der Waals surface area (Å²) in [6.07, 6.45) is 5.20. The van der Waals surface area contributed by atoms with Crippen molar-refractivity contribution in [2.75, 3.05) is 18.8 Å². The molecule has 0 saturated carbocycles. The van der Waals surface area contributed by atoms with Gasteiger partial charge in [0.1, 0.15) is 11.4 Å². The van der Waals surface area contributed by atoms with E-state index in [9.17, 15) is 4.21 Å². The minimum absolute atomic E-state index is 0.224. The van der Waals surface area contributed by atoms with Crippen LogP contribution < -0.4 is 10.1 Å². The molecule has 1 atom stereocenters. The van der Waals surface area contributed by atoms with Gasteiger partial charge in [-0.3, -0.25) is 4.21 Å². The molecule has 4 rings (SSSR count). The lowest BCUT2D eigenvalue weighted by molar-refractivity contribution is 0.0817. The maximum atomic E-state index is 12.2. The highest BCUT2D eigenvalue weighted by Crippen LogP contribution is 2.42. The van der Waals surface area contributed by atoms with E-state index in [0.717, 1.165) is 59.9 Å². The molecule has 1 unspecified atom stereocenters. The first-order valence-corrected chi connectivity index (χ1v) is 10.7. The van der Waals surface area contributed by atoms with Gasteiger partial charge in [-0.05, 0) is 54.9 Å². The van der Waals surface area contributed by atoms with Gasteiger partial charge in [0.25, 0.3) is 0 Å². The lowest BCUT2D eigenvalue weighted by Crippen LogP contribution is -2.46. The largest absolute Gasteiger partial charge is 0.482 e. The molecule has 0 radical (unpaired) electrons. The molecule has 26 heavy (non-hydrogen) atoms. The first-order valence-electron chi connectivity index (χ1n) is 9.42. The zero-order valence-corrected chi connectivity index (χ0v) is 16.0. The molecule has 0 aromatic heterocycles. The Morgan fingerprint density at radius 2 is 1.81 bits per heavy atom. The third-order valence-corrected chi connectivity index (χ3v) is 6.74. The van der Waals surface area contributed by atoms with Crippen LogP contribution in [0.25, 0.3) is 5.57 Å². The number of fused-ring (bicyclic) bond motifs is 1. The lowest BCUT2D eigenvalue weighted by Gasteiger charge is -2.40. The molecule has 4 heteroatoms. The second-order valence-electron chi connectivity index (χ2n) is 7.05. The van der Waals surface area contributed by atoms with Crippen molar-refractivity contribution in [3.8, 4) is 5.75 Å². The Balaban J connectivity index is 1.73. The van der Waals surface area contributed by atoms with E-state index in [1.165, 1.54) is 5.57 Å². The fraction of sp³-hybridized carbons (Fsp3) is 0.364. The minimum Gasteiger partial charge on any atom is -0.482 e. The van der Waals surface area contributed by atoms with Crippen LogP contribution in [0.15, 0.2) is 59.5 Å². The van der Waals surface area contributed by atoms with Crippen LogP contribution in [0, 0.1) is 0 Å². The first kappa shape index (κ1) is 17.5. The Hall–Kier alpha value is -1.91. The van der Waals surface area contributed by atoms with Crippen LogP contribution in [-0.2, 0) is 10.8 Å². The Labute approximate surface area is 157 Å². The van der Waals surface area contributed by atoms with Crippen LogP contribution in [-0.4, -0.2) is 28.7 Å². The summed E-state index contributed by atoms with van der Waals surface area (Å²) in [5.74, 6) is 1.68. The average Bonchev–Trinajstić information content (AvgIpc) is 2.68. The second kappa shape index (κ2) is 7.37. The maximum absolute atomic E-state index is 12.2. The van der Waals surface area contributed by atoms with Crippen LogP contribution in [0.2, 0.25) is 0 Å². The summed E-state index contributed by atoms with van der Waals surface area (Å²) in [5.41, 5.74) is 3.30. The monoisotopic (exact) mass is 367 g/mol. The van der Waals surface area contributed by atoms with E-state index in [2.05, 4.69) is 48.6 Å². The summed E-state index contributed by atoms with van der Waals surface area (Å²) in [4.78, 5) is 0.910. The molecule has 0 amide bonds. The van der Waals surface area contributed by atoms with Crippen molar-refractivity contribution < 1.29 is 8.95 Å². The quantitative estimate of drug-likeness (QED) is 0.882. The van der Waals surface area contributed by atoms with E-state index in [4.69, 9.17) is 4.74 Å². The summed E-state index contributed by atoms with van der Waals surface area (Å²) in [6, 6.07) is 16.5. The molecule has 2 aromatic rings. The van der Waals surface area contributed by atoms with Crippen molar-refractivity contribution in [3.63, 3.8) is 0 Å². The highest BCUT2D eigenvalue weighted by Gasteiger charge is 2.36. The van der Waals surface area contributed by atoms with Crippen molar-refractivity contribution in [1.29, 1.82) is 0 Å². The van der Waals surface area contributed by atoms with Gasteiger partial charge in [-0.1, -0.05) is 37.3 Å². The molecule has 2 aromatic carbocycles. The molecule has 1 N–H and O–H groups in total. The topological polar surface area (TPSA) is 38.3 Å². The molecule has 2 heterocycles. The van der Waals surface area contributed by atoms with Gasteiger partial charge < -0.3 is 10.1 Å². The summed E-state index contributed by atoms with van der Waals surface area (Å²) in [7, 11) is -0.905.